The third-order valence-electron chi connectivity index (χ3n) is 2.38. The lowest BCUT2D eigenvalue weighted by Gasteiger charge is -2.16. The summed E-state index contributed by atoms with van der Waals surface area (Å²) in [4.78, 5) is 8.78. The Morgan fingerprint density at radius 3 is 2.79 bits per heavy atom. The minimum absolute atomic E-state index is 0.158. The van der Waals surface area contributed by atoms with E-state index in [1.807, 2.05) is 6.19 Å². The van der Waals surface area contributed by atoms with Gasteiger partial charge in [0.25, 0.3) is 0 Å². The van der Waals surface area contributed by atoms with E-state index in [4.69, 9.17) is 23.2 Å². The van der Waals surface area contributed by atoms with Gasteiger partial charge in [-0.2, -0.15) is 5.26 Å². The maximum absolute atomic E-state index is 13.8. The molecule has 0 saturated heterocycles. The van der Waals surface area contributed by atoms with Gasteiger partial charge in [0.2, 0.25) is 0 Å². The van der Waals surface area contributed by atoms with Crippen LogP contribution in [0.5, 0.6) is 0 Å². The van der Waals surface area contributed by atoms with E-state index in [0.29, 0.717) is 0 Å². The monoisotopic (exact) mass is 273 g/mol. The lowest BCUT2D eigenvalue weighted by Crippen LogP contribution is -2.31. The fraction of sp³-hybridized carbons (Fsp3) is 0. The summed E-state index contributed by atoms with van der Waals surface area (Å²) < 4.78 is 13.8. The van der Waals surface area contributed by atoms with Crippen molar-refractivity contribution in [2.75, 3.05) is 4.90 Å². The van der Waals surface area contributed by atoms with Gasteiger partial charge in [0.15, 0.2) is 11.3 Å². The molecule has 0 aliphatic carbocycles. The first-order valence-corrected chi connectivity index (χ1v) is 5.60. The molecule has 0 radical (unpaired) electrons. The zero-order chi connectivity index (χ0) is 13.8. The Morgan fingerprint density at radius 1 is 1.42 bits per heavy atom. The molecule has 0 bridgehead atoms. The molecule has 0 spiro atoms. The number of hydrogen-bond acceptors (Lipinski definition) is 4. The molecule has 2 rings (SSSR count). The van der Waals surface area contributed by atoms with Crippen molar-refractivity contribution in [1.82, 2.24) is 9.97 Å². The molecule has 94 valence electrons. The summed E-state index contributed by atoms with van der Waals surface area (Å²) in [6, 6.07) is 6.09. The number of anilines is 1. The molecule has 0 fully saturated rings. The second kappa shape index (κ2) is 5.37. The molecule has 19 heavy (non-hydrogen) atoms. The lowest BCUT2D eigenvalue weighted by molar-refractivity contribution is 0.630. The van der Waals surface area contributed by atoms with Gasteiger partial charge < -0.3 is 5.73 Å². The summed E-state index contributed by atoms with van der Waals surface area (Å²) in [7, 11) is 0. The van der Waals surface area contributed by atoms with Crippen LogP contribution in [0.25, 0.3) is 11.3 Å². The number of thiocarbonyl (C=S) groups is 1. The molecule has 0 amide bonds. The van der Waals surface area contributed by atoms with Crippen LogP contribution in [0, 0.1) is 17.3 Å². The molecule has 0 saturated carbocycles. The number of aromatic nitrogens is 2. The first kappa shape index (κ1) is 12.9. The quantitative estimate of drug-likeness (QED) is 0.511. The van der Waals surface area contributed by atoms with Gasteiger partial charge in [-0.05, 0) is 24.4 Å². The number of nitrogens with two attached hydrogens (primary N) is 1. The molecule has 2 aromatic rings. The molecule has 5 nitrogen and oxygen atoms in total. The number of rotatable bonds is 2. The van der Waals surface area contributed by atoms with E-state index in [2.05, 4.69) is 9.97 Å². The Morgan fingerprint density at radius 2 is 2.16 bits per heavy atom. The SMILES string of the molecule is N#CN(C(N)=S)c1cncnc1-c1ccccc1F. The fourth-order valence-electron chi connectivity index (χ4n) is 1.57. The van der Waals surface area contributed by atoms with Gasteiger partial charge in [-0.15, -0.1) is 0 Å². The minimum Gasteiger partial charge on any atom is -0.375 e. The second-order valence-electron chi connectivity index (χ2n) is 3.51. The van der Waals surface area contributed by atoms with Crippen LogP contribution in [0.4, 0.5) is 10.1 Å². The van der Waals surface area contributed by atoms with Crippen LogP contribution in [-0.2, 0) is 0 Å². The molecule has 1 heterocycles. The van der Waals surface area contributed by atoms with Crippen LogP contribution in [0.3, 0.4) is 0 Å². The molecule has 7 heteroatoms. The first-order chi connectivity index (χ1) is 9.15. The first-order valence-electron chi connectivity index (χ1n) is 5.19. The minimum atomic E-state index is -0.455. The number of nitrogens with zero attached hydrogens (tertiary/aromatic N) is 4. The van der Waals surface area contributed by atoms with Gasteiger partial charge in [0, 0.05) is 5.56 Å². The van der Waals surface area contributed by atoms with Crippen LogP contribution < -0.4 is 10.6 Å². The third-order valence-corrected chi connectivity index (χ3v) is 2.57. The van der Waals surface area contributed by atoms with Crippen molar-refractivity contribution in [1.29, 1.82) is 5.26 Å². The Hall–Kier alpha value is -2.59. The summed E-state index contributed by atoms with van der Waals surface area (Å²) in [6.07, 6.45) is 4.43. The largest absolute Gasteiger partial charge is 0.375 e. The molecule has 0 aliphatic rings. The highest BCUT2D eigenvalue weighted by molar-refractivity contribution is 7.80. The predicted molar refractivity (Wildman–Crippen MR) is 72.3 cm³/mol. The zero-order valence-corrected chi connectivity index (χ0v) is 10.4. The van der Waals surface area contributed by atoms with Gasteiger partial charge >= 0.3 is 0 Å². The van der Waals surface area contributed by atoms with E-state index < -0.39 is 5.82 Å². The van der Waals surface area contributed by atoms with Crippen molar-refractivity contribution in [2.45, 2.75) is 0 Å². The van der Waals surface area contributed by atoms with Crippen molar-refractivity contribution < 1.29 is 4.39 Å². The standard InChI is InChI=1S/C12H8FN5S/c13-9-4-2-1-3-8(9)11-10(5-16-7-17-11)18(6-14)12(15)19/h1-5,7H,(H2,15,19). The van der Waals surface area contributed by atoms with Gasteiger partial charge in [0.05, 0.1) is 6.20 Å². The van der Waals surface area contributed by atoms with Crippen molar-refractivity contribution >= 4 is 23.0 Å². The van der Waals surface area contributed by atoms with Crippen molar-refractivity contribution in [3.63, 3.8) is 0 Å². The van der Waals surface area contributed by atoms with Crippen LogP contribution in [0.1, 0.15) is 0 Å². The van der Waals surface area contributed by atoms with E-state index in [1.54, 1.807) is 18.2 Å². The highest BCUT2D eigenvalue weighted by Crippen LogP contribution is 2.29. The molecular formula is C12H8FN5S. The predicted octanol–water partition coefficient (Wildman–Crippen LogP) is 1.81. The van der Waals surface area contributed by atoms with E-state index in [0.717, 1.165) is 4.90 Å². The molecule has 2 N–H and O–H groups in total. The molecule has 0 unspecified atom stereocenters. The third kappa shape index (κ3) is 2.48. The fourth-order valence-corrected chi connectivity index (χ4v) is 1.71. The summed E-state index contributed by atoms with van der Waals surface area (Å²) in [5.74, 6) is -0.455. The van der Waals surface area contributed by atoms with Gasteiger partial charge in [0.1, 0.15) is 23.5 Å². The van der Waals surface area contributed by atoms with Crippen molar-refractivity contribution in [3.8, 4) is 17.5 Å². The average Bonchev–Trinajstić information content (AvgIpc) is 2.40. The summed E-state index contributed by atoms with van der Waals surface area (Å²) in [5, 5.41) is 8.89. The van der Waals surface area contributed by atoms with Crippen molar-refractivity contribution in [3.05, 3.63) is 42.6 Å². The highest BCUT2D eigenvalue weighted by atomic mass is 32.1. The topological polar surface area (TPSA) is 78.8 Å². The van der Waals surface area contributed by atoms with Crippen LogP contribution >= 0.6 is 12.2 Å². The summed E-state index contributed by atoms with van der Waals surface area (Å²) in [6.45, 7) is 0. The summed E-state index contributed by atoms with van der Waals surface area (Å²) in [5.41, 5.74) is 6.19. The van der Waals surface area contributed by atoms with E-state index in [9.17, 15) is 4.39 Å². The van der Waals surface area contributed by atoms with Gasteiger partial charge in [-0.25, -0.2) is 19.3 Å². The number of hydrogen-bond donors (Lipinski definition) is 1. The van der Waals surface area contributed by atoms with Crippen LogP contribution in [-0.4, -0.2) is 15.1 Å². The number of nitriles is 1. The Kier molecular flexibility index (Phi) is 3.63. The Bertz CT molecular complexity index is 667. The molecule has 1 aromatic carbocycles. The zero-order valence-electron chi connectivity index (χ0n) is 9.62. The smallest absolute Gasteiger partial charge is 0.191 e. The Labute approximate surface area is 114 Å². The maximum atomic E-state index is 13.8. The van der Waals surface area contributed by atoms with Gasteiger partial charge in [-0.1, -0.05) is 12.1 Å². The number of benzene rings is 1. The molecule has 0 aliphatic heterocycles. The lowest BCUT2D eigenvalue weighted by atomic mass is 10.1. The number of halogens is 1. The second-order valence-corrected chi connectivity index (χ2v) is 3.93. The van der Waals surface area contributed by atoms with Crippen LogP contribution in [0.15, 0.2) is 36.8 Å². The highest BCUT2D eigenvalue weighted by Gasteiger charge is 2.18. The van der Waals surface area contributed by atoms with E-state index >= 15 is 0 Å². The average molecular weight is 273 g/mol. The molecule has 1 aromatic heterocycles. The van der Waals surface area contributed by atoms with Gasteiger partial charge in [-0.3, -0.25) is 0 Å². The molecule has 0 atom stereocenters. The maximum Gasteiger partial charge on any atom is 0.191 e. The van der Waals surface area contributed by atoms with Crippen molar-refractivity contribution in [2.24, 2.45) is 5.73 Å². The van der Waals surface area contributed by atoms with E-state index in [1.165, 1.54) is 18.6 Å². The van der Waals surface area contributed by atoms with Crippen LogP contribution in [0.2, 0.25) is 0 Å². The normalized spacial score (nSPS) is 9.68. The van der Waals surface area contributed by atoms with E-state index in [-0.39, 0.29) is 22.1 Å². The summed E-state index contributed by atoms with van der Waals surface area (Å²) >= 11 is 4.77. The molecular weight excluding hydrogens is 265 g/mol. The Balaban J connectivity index is 2.64.